The number of nitrogens with one attached hydrogen (secondary N) is 3. The maximum absolute atomic E-state index is 12.3. The fourth-order valence-corrected chi connectivity index (χ4v) is 3.41. The maximum atomic E-state index is 12.3. The van der Waals surface area contributed by atoms with Crippen LogP contribution in [0, 0.1) is 11.3 Å². The number of anilines is 2. The summed E-state index contributed by atoms with van der Waals surface area (Å²) in [6.07, 6.45) is 3.46. The number of rotatable bonds is 9. The fraction of sp³-hybridized carbons (Fsp3) is 0.455. The Kier molecular flexibility index (Phi) is 8.74. The number of hydrogen-bond donors (Lipinski definition) is 3. The molecule has 0 unspecified atom stereocenters. The Bertz CT molecular complexity index is 924. The van der Waals surface area contributed by atoms with E-state index in [0.29, 0.717) is 17.5 Å². The smallest absolute Gasteiger partial charge is 0.324 e. The molecule has 10 heteroatoms. The first-order valence-electron chi connectivity index (χ1n) is 10.6. The summed E-state index contributed by atoms with van der Waals surface area (Å²) in [7, 11) is 1.57. The number of nitrogens with zero attached hydrogens (tertiary/aromatic N) is 4. The molecule has 10 nitrogen and oxygen atoms in total. The van der Waals surface area contributed by atoms with Gasteiger partial charge in [0, 0.05) is 25.7 Å². The van der Waals surface area contributed by atoms with E-state index < -0.39 is 6.03 Å². The summed E-state index contributed by atoms with van der Waals surface area (Å²) in [5, 5.41) is 17.6. The van der Waals surface area contributed by atoms with Crippen molar-refractivity contribution in [2.45, 2.75) is 19.4 Å². The second-order valence-electron chi connectivity index (χ2n) is 7.53. The van der Waals surface area contributed by atoms with E-state index in [4.69, 9.17) is 14.7 Å². The van der Waals surface area contributed by atoms with Crippen molar-refractivity contribution in [2.75, 3.05) is 57.1 Å². The van der Waals surface area contributed by atoms with Gasteiger partial charge in [-0.05, 0) is 37.6 Å². The van der Waals surface area contributed by atoms with Gasteiger partial charge in [0.25, 0.3) is 0 Å². The van der Waals surface area contributed by atoms with Crippen molar-refractivity contribution in [3.05, 3.63) is 41.9 Å². The molecule has 1 aliphatic rings. The number of ether oxygens (including phenoxy) is 2. The molecular formula is C22H29N7O3. The molecule has 0 radical (unpaired) electrons. The number of morpholine rings is 1. The van der Waals surface area contributed by atoms with Gasteiger partial charge in [-0.15, -0.1) is 0 Å². The van der Waals surface area contributed by atoms with Crippen LogP contribution in [0.3, 0.4) is 0 Å². The Hall–Kier alpha value is -3.26. The van der Waals surface area contributed by atoms with E-state index in [1.165, 1.54) is 12.4 Å². The lowest BCUT2D eigenvalue weighted by molar-refractivity contribution is 0.0344. The molecule has 3 rings (SSSR count). The van der Waals surface area contributed by atoms with E-state index >= 15 is 0 Å². The van der Waals surface area contributed by atoms with Crippen molar-refractivity contribution >= 4 is 17.5 Å². The molecule has 2 heterocycles. The molecule has 1 aromatic heterocycles. The van der Waals surface area contributed by atoms with Crippen molar-refractivity contribution in [3.8, 4) is 11.8 Å². The minimum atomic E-state index is -0.478. The third kappa shape index (κ3) is 7.16. The topological polar surface area (TPSA) is 124 Å². The van der Waals surface area contributed by atoms with Crippen LogP contribution in [-0.4, -0.2) is 73.4 Å². The Labute approximate surface area is 187 Å². The summed E-state index contributed by atoms with van der Waals surface area (Å²) >= 11 is 0. The molecule has 1 fully saturated rings. The largest absolute Gasteiger partial charge is 0.495 e. The number of hydrogen-bond acceptors (Lipinski definition) is 8. The predicted octanol–water partition coefficient (Wildman–Crippen LogP) is 1.85. The van der Waals surface area contributed by atoms with E-state index in [2.05, 4.69) is 37.7 Å². The summed E-state index contributed by atoms with van der Waals surface area (Å²) in [6, 6.07) is 7.50. The zero-order valence-electron chi connectivity index (χ0n) is 18.4. The molecule has 0 aliphatic carbocycles. The summed E-state index contributed by atoms with van der Waals surface area (Å²) in [5.41, 5.74) is 1.83. The number of aromatic nitrogens is 2. The van der Waals surface area contributed by atoms with E-state index in [1.807, 2.05) is 24.3 Å². The van der Waals surface area contributed by atoms with Gasteiger partial charge in [-0.2, -0.15) is 5.26 Å². The highest BCUT2D eigenvalue weighted by Gasteiger charge is 2.14. The summed E-state index contributed by atoms with van der Waals surface area (Å²) in [6.45, 7) is 7.65. The predicted molar refractivity (Wildman–Crippen MR) is 121 cm³/mol. The molecule has 0 bridgehead atoms. The van der Waals surface area contributed by atoms with Crippen LogP contribution in [0.15, 0.2) is 30.6 Å². The summed E-state index contributed by atoms with van der Waals surface area (Å²) in [4.78, 5) is 22.5. The number of nitriles is 1. The average molecular weight is 440 g/mol. The van der Waals surface area contributed by atoms with Gasteiger partial charge in [0.05, 0.1) is 38.4 Å². The van der Waals surface area contributed by atoms with E-state index in [1.54, 1.807) is 7.11 Å². The van der Waals surface area contributed by atoms with Gasteiger partial charge in [-0.25, -0.2) is 14.8 Å². The van der Waals surface area contributed by atoms with E-state index in [9.17, 15) is 4.79 Å². The Morgan fingerprint density at radius 3 is 2.78 bits per heavy atom. The van der Waals surface area contributed by atoms with Crippen LogP contribution in [0.5, 0.6) is 5.75 Å². The second-order valence-corrected chi connectivity index (χ2v) is 7.53. The van der Waals surface area contributed by atoms with Crippen LogP contribution in [0.1, 0.15) is 18.2 Å². The van der Waals surface area contributed by atoms with Crippen LogP contribution < -0.4 is 20.7 Å². The first-order valence-corrected chi connectivity index (χ1v) is 10.6. The van der Waals surface area contributed by atoms with Crippen LogP contribution in [0.4, 0.5) is 16.3 Å². The highest BCUT2D eigenvalue weighted by Crippen LogP contribution is 2.26. The van der Waals surface area contributed by atoms with Gasteiger partial charge >= 0.3 is 6.03 Å². The number of urea groups is 1. The summed E-state index contributed by atoms with van der Waals surface area (Å²) < 4.78 is 10.8. The van der Waals surface area contributed by atoms with Gasteiger partial charge < -0.3 is 20.1 Å². The Balaban J connectivity index is 1.47. The molecule has 0 spiro atoms. The Morgan fingerprint density at radius 1 is 1.28 bits per heavy atom. The normalized spacial score (nSPS) is 14.9. The molecule has 32 heavy (non-hydrogen) atoms. The van der Waals surface area contributed by atoms with Crippen molar-refractivity contribution < 1.29 is 14.3 Å². The highest BCUT2D eigenvalue weighted by molar-refractivity contribution is 6.00. The van der Waals surface area contributed by atoms with Crippen LogP contribution in [0.2, 0.25) is 0 Å². The minimum absolute atomic E-state index is 0.179. The molecule has 1 atom stereocenters. The quantitative estimate of drug-likeness (QED) is 0.541. The van der Waals surface area contributed by atoms with Gasteiger partial charge in [0.15, 0.2) is 11.5 Å². The number of carbonyl (C=O) groups excluding carboxylic acids is 1. The van der Waals surface area contributed by atoms with Crippen LogP contribution >= 0.6 is 0 Å². The average Bonchev–Trinajstić information content (AvgIpc) is 2.81. The maximum Gasteiger partial charge on any atom is 0.324 e. The van der Waals surface area contributed by atoms with Crippen molar-refractivity contribution in [2.24, 2.45) is 0 Å². The zero-order valence-corrected chi connectivity index (χ0v) is 18.4. The SMILES string of the molecule is COc1cc(CCN[C@H](C)CN2CCOCC2)ccc1NC(=O)Nc1cnc(C#N)cn1. The third-order valence-electron chi connectivity index (χ3n) is 5.06. The zero-order chi connectivity index (χ0) is 22.8. The molecule has 1 saturated heterocycles. The lowest BCUT2D eigenvalue weighted by atomic mass is 10.1. The summed E-state index contributed by atoms with van der Waals surface area (Å²) in [5.74, 6) is 0.819. The third-order valence-corrected chi connectivity index (χ3v) is 5.06. The van der Waals surface area contributed by atoms with Gasteiger partial charge in [0.2, 0.25) is 0 Å². The number of amides is 2. The first kappa shape index (κ1) is 23.4. The van der Waals surface area contributed by atoms with Crippen molar-refractivity contribution in [3.63, 3.8) is 0 Å². The molecule has 2 aromatic rings. The molecule has 3 N–H and O–H groups in total. The van der Waals surface area contributed by atoms with Crippen LogP contribution in [-0.2, 0) is 11.2 Å². The van der Waals surface area contributed by atoms with E-state index in [-0.39, 0.29) is 11.5 Å². The molecule has 2 amide bonds. The highest BCUT2D eigenvalue weighted by atomic mass is 16.5. The minimum Gasteiger partial charge on any atom is -0.495 e. The van der Waals surface area contributed by atoms with Crippen LogP contribution in [0.25, 0.3) is 0 Å². The lowest BCUT2D eigenvalue weighted by Crippen LogP contribution is -2.44. The van der Waals surface area contributed by atoms with Crippen molar-refractivity contribution in [1.82, 2.24) is 20.2 Å². The lowest BCUT2D eigenvalue weighted by Gasteiger charge is -2.29. The molecule has 0 saturated carbocycles. The number of benzene rings is 1. The molecule has 170 valence electrons. The second kappa shape index (κ2) is 12.0. The standard InChI is InChI=1S/C22H29N7O3/c1-16(15-29-7-9-32-10-8-29)24-6-5-17-3-4-19(20(11-17)31-2)27-22(30)28-21-14-25-18(12-23)13-26-21/h3-4,11,13-14,16,24H,5-10,15H2,1-2H3,(H2,26,27,28,30)/t16-/m1/s1. The van der Waals surface area contributed by atoms with Gasteiger partial charge in [-0.3, -0.25) is 10.2 Å². The first-order chi connectivity index (χ1) is 15.6. The van der Waals surface area contributed by atoms with Crippen molar-refractivity contribution in [1.29, 1.82) is 5.26 Å². The number of methoxy groups -OCH3 is 1. The van der Waals surface area contributed by atoms with Gasteiger partial charge in [-0.1, -0.05) is 6.07 Å². The Morgan fingerprint density at radius 2 is 2.09 bits per heavy atom. The van der Waals surface area contributed by atoms with Gasteiger partial charge in [0.1, 0.15) is 11.8 Å². The monoisotopic (exact) mass is 439 g/mol. The molecular weight excluding hydrogens is 410 g/mol. The van der Waals surface area contributed by atoms with E-state index in [0.717, 1.165) is 51.4 Å². The fourth-order valence-electron chi connectivity index (χ4n) is 3.41. The molecule has 1 aromatic carbocycles. The molecule has 1 aliphatic heterocycles. The number of carbonyl (C=O) groups is 1.